The van der Waals surface area contributed by atoms with Crippen LogP contribution in [0.4, 0.5) is 0 Å². The number of fused-ring (bicyclic) bond motifs is 3. The number of sulfonamides is 1. The van der Waals surface area contributed by atoms with Crippen LogP contribution in [0.1, 0.15) is 21.6 Å². The molecule has 1 aliphatic heterocycles. The number of aromatic amines is 1. The number of aromatic nitrogens is 1. The van der Waals surface area contributed by atoms with Gasteiger partial charge in [-0.15, -0.1) is 6.42 Å². The minimum absolute atomic E-state index is 0.0207. The Kier molecular flexibility index (Phi) is 5.21. The van der Waals surface area contributed by atoms with Crippen LogP contribution in [0, 0.1) is 12.3 Å². The van der Waals surface area contributed by atoms with E-state index in [1.54, 1.807) is 17.0 Å². The standard InChI is InChI=1S/C21H18BrN3O3S/c1-2-9-23-29(27,28)16-5-3-4-14(11-16)21(26)25-10-8-20-18(13-25)17-12-15(22)6-7-19(17)24-20/h1,3-7,11-12,23-24H,8-10,13H2. The van der Waals surface area contributed by atoms with Crippen molar-refractivity contribution in [1.82, 2.24) is 14.6 Å². The van der Waals surface area contributed by atoms with Crippen molar-refractivity contribution in [1.29, 1.82) is 0 Å². The van der Waals surface area contributed by atoms with Crippen LogP contribution in [0.15, 0.2) is 51.8 Å². The van der Waals surface area contributed by atoms with Gasteiger partial charge in [0.2, 0.25) is 10.0 Å². The van der Waals surface area contributed by atoms with Gasteiger partial charge in [0, 0.05) is 51.7 Å². The summed E-state index contributed by atoms with van der Waals surface area (Å²) in [4.78, 5) is 18.3. The number of benzene rings is 2. The Morgan fingerprint density at radius 2 is 2.10 bits per heavy atom. The molecule has 4 rings (SSSR count). The molecule has 29 heavy (non-hydrogen) atoms. The van der Waals surface area contributed by atoms with Gasteiger partial charge in [0.05, 0.1) is 11.4 Å². The van der Waals surface area contributed by atoms with Gasteiger partial charge in [0.15, 0.2) is 0 Å². The van der Waals surface area contributed by atoms with Crippen LogP contribution in [-0.4, -0.2) is 37.3 Å². The van der Waals surface area contributed by atoms with Crippen molar-refractivity contribution in [2.45, 2.75) is 17.9 Å². The van der Waals surface area contributed by atoms with Gasteiger partial charge in [-0.25, -0.2) is 8.42 Å². The van der Waals surface area contributed by atoms with E-state index in [2.05, 4.69) is 31.6 Å². The molecule has 0 fully saturated rings. The number of nitrogens with one attached hydrogen (secondary N) is 2. The van der Waals surface area contributed by atoms with Crippen LogP contribution >= 0.6 is 15.9 Å². The fourth-order valence-corrected chi connectivity index (χ4v) is 4.90. The van der Waals surface area contributed by atoms with Crippen LogP contribution < -0.4 is 4.72 Å². The summed E-state index contributed by atoms with van der Waals surface area (Å²) in [6, 6.07) is 12.1. The molecule has 1 aliphatic rings. The third-order valence-corrected chi connectivity index (χ3v) is 6.87. The maximum Gasteiger partial charge on any atom is 0.254 e. The molecular weight excluding hydrogens is 454 g/mol. The molecule has 0 spiro atoms. The minimum Gasteiger partial charge on any atom is -0.358 e. The smallest absolute Gasteiger partial charge is 0.254 e. The first-order valence-corrected chi connectivity index (χ1v) is 11.3. The third kappa shape index (κ3) is 3.81. The summed E-state index contributed by atoms with van der Waals surface area (Å²) in [7, 11) is -3.76. The average molecular weight is 472 g/mol. The lowest BCUT2D eigenvalue weighted by atomic mass is 10.0. The first kappa shape index (κ1) is 19.7. The Hall–Kier alpha value is -2.60. The summed E-state index contributed by atoms with van der Waals surface area (Å²) in [5.41, 5.74) is 3.61. The van der Waals surface area contributed by atoms with E-state index in [0.717, 1.165) is 33.1 Å². The fourth-order valence-electron chi connectivity index (χ4n) is 3.56. The molecule has 0 unspecified atom stereocenters. The number of carbonyl (C=O) groups is 1. The predicted molar refractivity (Wildman–Crippen MR) is 115 cm³/mol. The fraction of sp³-hybridized carbons (Fsp3) is 0.190. The predicted octanol–water partition coefficient (Wildman–Crippen LogP) is 3.04. The lowest BCUT2D eigenvalue weighted by molar-refractivity contribution is 0.0735. The largest absolute Gasteiger partial charge is 0.358 e. The Morgan fingerprint density at radius 3 is 2.90 bits per heavy atom. The number of hydrogen-bond donors (Lipinski definition) is 2. The van der Waals surface area contributed by atoms with Crippen molar-refractivity contribution in [2.75, 3.05) is 13.1 Å². The molecule has 2 aromatic carbocycles. The summed E-state index contributed by atoms with van der Waals surface area (Å²) < 4.78 is 27.9. The van der Waals surface area contributed by atoms with Gasteiger partial charge >= 0.3 is 0 Å². The van der Waals surface area contributed by atoms with E-state index >= 15 is 0 Å². The van der Waals surface area contributed by atoms with E-state index in [1.807, 2.05) is 18.2 Å². The number of carbonyl (C=O) groups excluding carboxylic acids is 1. The van der Waals surface area contributed by atoms with E-state index in [1.165, 1.54) is 12.1 Å². The van der Waals surface area contributed by atoms with Crippen molar-refractivity contribution in [3.63, 3.8) is 0 Å². The van der Waals surface area contributed by atoms with Crippen LogP contribution in [0.3, 0.4) is 0 Å². The van der Waals surface area contributed by atoms with Crippen LogP contribution in [0.25, 0.3) is 10.9 Å². The summed E-state index contributed by atoms with van der Waals surface area (Å²) in [5, 5.41) is 1.08. The van der Waals surface area contributed by atoms with Gasteiger partial charge in [0.25, 0.3) is 5.91 Å². The first-order valence-electron chi connectivity index (χ1n) is 9.00. The number of halogens is 1. The normalized spacial score (nSPS) is 13.9. The van der Waals surface area contributed by atoms with Gasteiger partial charge < -0.3 is 9.88 Å². The highest BCUT2D eigenvalue weighted by molar-refractivity contribution is 9.10. The molecule has 0 bridgehead atoms. The highest BCUT2D eigenvalue weighted by atomic mass is 79.9. The van der Waals surface area contributed by atoms with Crippen molar-refractivity contribution in [2.24, 2.45) is 0 Å². The van der Waals surface area contributed by atoms with Gasteiger partial charge in [0.1, 0.15) is 0 Å². The summed E-state index contributed by atoms with van der Waals surface area (Å²) >= 11 is 3.50. The molecule has 0 saturated heterocycles. The van der Waals surface area contributed by atoms with E-state index in [-0.39, 0.29) is 17.3 Å². The summed E-state index contributed by atoms with van der Waals surface area (Å²) in [6.07, 6.45) is 5.84. The lowest BCUT2D eigenvalue weighted by Crippen LogP contribution is -2.36. The molecule has 0 saturated carbocycles. The Balaban J connectivity index is 1.62. The molecule has 3 aromatic rings. The van der Waals surface area contributed by atoms with Crippen LogP contribution in [0.2, 0.25) is 0 Å². The number of nitrogens with zero attached hydrogens (tertiary/aromatic N) is 1. The molecule has 2 heterocycles. The molecule has 1 aromatic heterocycles. The zero-order valence-corrected chi connectivity index (χ0v) is 17.8. The molecular formula is C21H18BrN3O3S. The number of hydrogen-bond acceptors (Lipinski definition) is 3. The second-order valence-electron chi connectivity index (χ2n) is 6.81. The van der Waals surface area contributed by atoms with Crippen molar-refractivity contribution < 1.29 is 13.2 Å². The topological polar surface area (TPSA) is 82.3 Å². The molecule has 148 valence electrons. The number of H-pyrrole nitrogens is 1. The van der Waals surface area contributed by atoms with Crippen LogP contribution in [0.5, 0.6) is 0 Å². The number of rotatable bonds is 4. The molecule has 0 aliphatic carbocycles. The second-order valence-corrected chi connectivity index (χ2v) is 9.49. The summed E-state index contributed by atoms with van der Waals surface area (Å²) in [6.45, 7) is 0.925. The van der Waals surface area contributed by atoms with Gasteiger partial charge in [-0.2, -0.15) is 4.72 Å². The van der Waals surface area contributed by atoms with Gasteiger partial charge in [-0.3, -0.25) is 4.79 Å². The van der Waals surface area contributed by atoms with Crippen LogP contribution in [-0.2, 0) is 23.0 Å². The van der Waals surface area contributed by atoms with Crippen molar-refractivity contribution in [3.8, 4) is 12.3 Å². The van der Waals surface area contributed by atoms with Crippen molar-refractivity contribution >= 4 is 42.8 Å². The Morgan fingerprint density at radius 1 is 1.28 bits per heavy atom. The molecule has 2 N–H and O–H groups in total. The highest BCUT2D eigenvalue weighted by Crippen LogP contribution is 2.30. The van der Waals surface area contributed by atoms with E-state index < -0.39 is 10.0 Å². The molecule has 0 atom stereocenters. The Bertz CT molecular complexity index is 1260. The quantitative estimate of drug-likeness (QED) is 0.573. The average Bonchev–Trinajstić information content (AvgIpc) is 3.09. The molecule has 1 amide bonds. The lowest BCUT2D eigenvalue weighted by Gasteiger charge is -2.27. The monoisotopic (exact) mass is 471 g/mol. The summed E-state index contributed by atoms with van der Waals surface area (Å²) in [5.74, 6) is 2.04. The number of amides is 1. The molecule has 0 radical (unpaired) electrons. The zero-order chi connectivity index (χ0) is 20.6. The van der Waals surface area contributed by atoms with E-state index in [0.29, 0.717) is 18.7 Å². The third-order valence-electron chi connectivity index (χ3n) is 4.98. The molecule has 8 heteroatoms. The Labute approximate surface area is 177 Å². The van der Waals surface area contributed by atoms with E-state index in [4.69, 9.17) is 6.42 Å². The van der Waals surface area contributed by atoms with Crippen molar-refractivity contribution in [3.05, 3.63) is 63.8 Å². The number of terminal acetylenes is 1. The van der Waals surface area contributed by atoms with E-state index in [9.17, 15) is 13.2 Å². The first-order chi connectivity index (χ1) is 13.9. The van der Waals surface area contributed by atoms with Gasteiger partial charge in [-0.1, -0.05) is 27.9 Å². The minimum atomic E-state index is -3.76. The maximum absolute atomic E-state index is 13.1. The SMILES string of the molecule is C#CCNS(=O)(=O)c1cccc(C(=O)N2CCc3[nH]c4ccc(Br)cc4c3C2)c1. The van der Waals surface area contributed by atoms with Gasteiger partial charge in [-0.05, 0) is 36.4 Å². The maximum atomic E-state index is 13.1. The molecule has 6 nitrogen and oxygen atoms in total. The zero-order valence-electron chi connectivity index (χ0n) is 15.4. The highest BCUT2D eigenvalue weighted by Gasteiger charge is 2.26. The second kappa shape index (κ2) is 7.67.